The molecule has 0 aliphatic heterocycles. The van der Waals surface area contributed by atoms with E-state index < -0.39 is 0 Å². The van der Waals surface area contributed by atoms with Crippen LogP contribution < -0.4 is 10.1 Å². The first-order chi connectivity index (χ1) is 15.5. The number of aryl methyl sites for hydroxylation is 1. The Morgan fingerprint density at radius 3 is 2.53 bits per heavy atom. The van der Waals surface area contributed by atoms with Crippen molar-refractivity contribution in [2.75, 3.05) is 7.11 Å². The Morgan fingerprint density at radius 2 is 1.84 bits per heavy atom. The summed E-state index contributed by atoms with van der Waals surface area (Å²) in [5.74, 6) is 0.180. The van der Waals surface area contributed by atoms with E-state index >= 15 is 0 Å². The van der Waals surface area contributed by atoms with Crippen LogP contribution in [0.5, 0.6) is 5.75 Å². The van der Waals surface area contributed by atoms with Gasteiger partial charge in [-0.15, -0.1) is 0 Å². The van der Waals surface area contributed by atoms with E-state index in [-0.39, 0.29) is 11.7 Å². The number of halogens is 1. The van der Waals surface area contributed by atoms with Crippen LogP contribution in [-0.4, -0.2) is 13.0 Å². The molecule has 1 heterocycles. The summed E-state index contributed by atoms with van der Waals surface area (Å²) in [4.78, 5) is 12.5. The number of hydrogen-bond donors (Lipinski definition) is 1. The van der Waals surface area contributed by atoms with Crippen molar-refractivity contribution in [3.8, 4) is 16.9 Å². The summed E-state index contributed by atoms with van der Waals surface area (Å²) in [6, 6.07) is 18.0. The number of furan rings is 1. The predicted octanol–water partition coefficient (Wildman–Crippen LogP) is 6.28. The van der Waals surface area contributed by atoms with Gasteiger partial charge in [-0.3, -0.25) is 4.79 Å². The van der Waals surface area contributed by atoms with Gasteiger partial charge in [0, 0.05) is 34.7 Å². The average molecular weight is 429 g/mol. The minimum atomic E-state index is -0.291. The van der Waals surface area contributed by atoms with Gasteiger partial charge >= 0.3 is 0 Å². The first-order valence-electron chi connectivity index (χ1n) is 10.3. The number of methoxy groups -OCH3 is 1. The maximum atomic E-state index is 13.4. The summed E-state index contributed by atoms with van der Waals surface area (Å²) < 4.78 is 24.9. The molecule has 4 nitrogen and oxygen atoms in total. The van der Waals surface area contributed by atoms with E-state index in [4.69, 9.17) is 9.15 Å². The van der Waals surface area contributed by atoms with Crippen LogP contribution in [-0.2, 0) is 11.3 Å². The highest BCUT2D eigenvalue weighted by Crippen LogP contribution is 2.40. The monoisotopic (exact) mass is 429 g/mol. The second kappa shape index (κ2) is 9.10. The van der Waals surface area contributed by atoms with E-state index in [1.807, 2.05) is 50.2 Å². The lowest BCUT2D eigenvalue weighted by Crippen LogP contribution is -2.20. The third-order valence-electron chi connectivity index (χ3n) is 5.49. The van der Waals surface area contributed by atoms with Crippen LogP contribution in [0.3, 0.4) is 0 Å². The van der Waals surface area contributed by atoms with Gasteiger partial charge < -0.3 is 14.5 Å². The largest absolute Gasteiger partial charge is 0.496 e. The number of carbonyl (C=O) groups is 1. The number of nitrogens with one attached hydrogen (secondary N) is 1. The van der Waals surface area contributed by atoms with Crippen LogP contribution >= 0.6 is 0 Å². The number of benzene rings is 3. The summed E-state index contributed by atoms with van der Waals surface area (Å²) in [7, 11) is 1.60. The number of fused-ring (bicyclic) bond motifs is 1. The number of rotatable bonds is 6. The van der Waals surface area contributed by atoms with Crippen molar-refractivity contribution in [2.45, 2.75) is 20.4 Å². The minimum absolute atomic E-state index is 0.183. The van der Waals surface area contributed by atoms with Crippen LogP contribution in [0.4, 0.5) is 4.39 Å². The van der Waals surface area contributed by atoms with Gasteiger partial charge in [-0.25, -0.2) is 4.39 Å². The molecule has 0 fully saturated rings. The summed E-state index contributed by atoms with van der Waals surface area (Å²) in [5.41, 5.74) is 5.85. The highest BCUT2D eigenvalue weighted by atomic mass is 19.1. The number of carbonyl (C=O) groups excluding carboxylic acids is 1. The first-order valence-corrected chi connectivity index (χ1v) is 10.3. The quantitative estimate of drug-likeness (QED) is 0.367. The van der Waals surface area contributed by atoms with Crippen molar-refractivity contribution >= 4 is 22.4 Å². The van der Waals surface area contributed by atoms with Crippen molar-refractivity contribution in [3.05, 3.63) is 95.5 Å². The molecule has 0 saturated heterocycles. The molecule has 0 aliphatic rings. The summed E-state index contributed by atoms with van der Waals surface area (Å²) in [6.45, 7) is 4.25. The van der Waals surface area contributed by atoms with Crippen molar-refractivity contribution in [2.24, 2.45) is 0 Å². The van der Waals surface area contributed by atoms with E-state index in [9.17, 15) is 9.18 Å². The molecule has 1 aromatic heterocycles. The molecule has 32 heavy (non-hydrogen) atoms. The first kappa shape index (κ1) is 21.4. The molecule has 0 unspecified atom stereocenters. The zero-order chi connectivity index (χ0) is 22.7. The molecule has 0 spiro atoms. The van der Waals surface area contributed by atoms with Gasteiger partial charge in [0.25, 0.3) is 0 Å². The van der Waals surface area contributed by atoms with Crippen LogP contribution in [0.1, 0.15) is 23.6 Å². The topological polar surface area (TPSA) is 51.5 Å². The molecule has 1 N–H and O–H groups in total. The lowest BCUT2D eigenvalue weighted by atomic mass is 9.96. The smallest absolute Gasteiger partial charge is 0.244 e. The maximum absolute atomic E-state index is 13.4. The standard InChI is InChI=1S/C27H24FNO3/c1-17(13-25(30)29-15-19-7-5-4-6-8-19)22-14-23-24(20-9-11-21(28)12-10-20)16-32-27(23)18(2)26(22)31-3/h4-14,16H,15H2,1-3H3,(H,29,30)/b17-13+. The van der Waals surface area contributed by atoms with E-state index in [0.29, 0.717) is 17.9 Å². The fourth-order valence-corrected chi connectivity index (χ4v) is 3.84. The highest BCUT2D eigenvalue weighted by molar-refractivity contribution is 6.01. The van der Waals surface area contributed by atoms with E-state index in [1.54, 1.807) is 31.6 Å². The molecule has 0 atom stereocenters. The zero-order valence-electron chi connectivity index (χ0n) is 18.2. The van der Waals surface area contributed by atoms with E-state index in [2.05, 4.69) is 5.32 Å². The highest BCUT2D eigenvalue weighted by Gasteiger charge is 2.18. The molecule has 4 aromatic rings. The van der Waals surface area contributed by atoms with Gasteiger partial charge in [-0.1, -0.05) is 42.5 Å². The fourth-order valence-electron chi connectivity index (χ4n) is 3.84. The van der Waals surface area contributed by atoms with E-state index in [0.717, 1.165) is 38.8 Å². The Morgan fingerprint density at radius 1 is 1.12 bits per heavy atom. The van der Waals surface area contributed by atoms with Gasteiger partial charge in [0.05, 0.1) is 13.4 Å². The average Bonchev–Trinajstić information content (AvgIpc) is 3.23. The van der Waals surface area contributed by atoms with Gasteiger partial charge in [-0.05, 0) is 48.7 Å². The molecule has 0 aliphatic carbocycles. The Hall–Kier alpha value is -3.86. The third kappa shape index (κ3) is 4.28. The fraction of sp³-hybridized carbons (Fsp3) is 0.148. The Balaban J connectivity index is 1.70. The molecular formula is C27H24FNO3. The normalized spacial score (nSPS) is 11.6. The van der Waals surface area contributed by atoms with Crippen molar-refractivity contribution < 1.29 is 18.3 Å². The molecule has 3 aromatic carbocycles. The molecule has 5 heteroatoms. The summed E-state index contributed by atoms with van der Waals surface area (Å²) in [6.07, 6.45) is 3.24. The summed E-state index contributed by atoms with van der Waals surface area (Å²) in [5, 5.41) is 3.79. The lowest BCUT2D eigenvalue weighted by molar-refractivity contribution is -0.116. The molecule has 4 rings (SSSR count). The lowest BCUT2D eigenvalue weighted by Gasteiger charge is -2.13. The minimum Gasteiger partial charge on any atom is -0.496 e. The third-order valence-corrected chi connectivity index (χ3v) is 5.49. The number of ether oxygens (including phenoxy) is 1. The van der Waals surface area contributed by atoms with Gasteiger partial charge in [0.2, 0.25) is 5.91 Å². The number of allylic oxidation sites excluding steroid dienone is 1. The van der Waals surface area contributed by atoms with Crippen LogP contribution in [0.15, 0.2) is 77.4 Å². The summed E-state index contributed by atoms with van der Waals surface area (Å²) >= 11 is 0. The van der Waals surface area contributed by atoms with Crippen molar-refractivity contribution in [3.63, 3.8) is 0 Å². The van der Waals surface area contributed by atoms with Crippen LogP contribution in [0.25, 0.3) is 27.7 Å². The Bertz CT molecular complexity index is 1290. The molecular weight excluding hydrogens is 405 g/mol. The van der Waals surface area contributed by atoms with Crippen LogP contribution in [0, 0.1) is 12.7 Å². The second-order valence-corrected chi connectivity index (χ2v) is 7.65. The van der Waals surface area contributed by atoms with E-state index in [1.165, 1.54) is 12.1 Å². The van der Waals surface area contributed by atoms with Crippen molar-refractivity contribution in [1.82, 2.24) is 5.32 Å². The number of amides is 1. The maximum Gasteiger partial charge on any atom is 0.244 e. The van der Waals surface area contributed by atoms with Gasteiger partial charge in [0.15, 0.2) is 0 Å². The molecule has 0 saturated carbocycles. The zero-order valence-corrected chi connectivity index (χ0v) is 18.2. The predicted molar refractivity (Wildman–Crippen MR) is 125 cm³/mol. The Labute approximate surface area is 186 Å². The number of hydrogen-bond acceptors (Lipinski definition) is 3. The molecule has 0 bridgehead atoms. The van der Waals surface area contributed by atoms with Gasteiger partial charge in [0.1, 0.15) is 17.1 Å². The van der Waals surface area contributed by atoms with Crippen molar-refractivity contribution in [1.29, 1.82) is 0 Å². The molecule has 1 amide bonds. The van der Waals surface area contributed by atoms with Gasteiger partial charge in [-0.2, -0.15) is 0 Å². The van der Waals surface area contributed by atoms with Crippen LogP contribution in [0.2, 0.25) is 0 Å². The molecule has 0 radical (unpaired) electrons. The second-order valence-electron chi connectivity index (χ2n) is 7.65. The SMILES string of the molecule is COc1c(/C(C)=C/C(=O)NCc2ccccc2)cc2c(-c3ccc(F)cc3)coc2c1C. The molecule has 162 valence electrons. The Kier molecular flexibility index (Phi) is 6.08.